The van der Waals surface area contributed by atoms with Gasteiger partial charge in [0.2, 0.25) is 0 Å². The number of carbonyl (C=O) groups excluding carboxylic acids is 2. The Kier molecular flexibility index (Phi) is 8.42. The number of benzene rings is 1. The Balaban J connectivity index is 1.62. The predicted molar refractivity (Wildman–Crippen MR) is 137 cm³/mol. The van der Waals surface area contributed by atoms with E-state index in [9.17, 15) is 19.8 Å². The number of nitrogens with zero attached hydrogens (tertiary/aromatic N) is 1. The lowest BCUT2D eigenvalue weighted by molar-refractivity contribution is -0.154. The van der Waals surface area contributed by atoms with Gasteiger partial charge in [-0.3, -0.25) is 9.59 Å². The number of nitrogens with one attached hydrogen (secondary N) is 1. The van der Waals surface area contributed by atoms with Gasteiger partial charge in [0.05, 0.1) is 12.1 Å². The van der Waals surface area contributed by atoms with E-state index in [0.29, 0.717) is 12.5 Å². The summed E-state index contributed by atoms with van der Waals surface area (Å²) < 4.78 is 0. The largest absolute Gasteiger partial charge is 0.380 e. The van der Waals surface area contributed by atoms with Crippen LogP contribution in [0.5, 0.6) is 0 Å². The maximum Gasteiger partial charge on any atom is 0.255 e. The summed E-state index contributed by atoms with van der Waals surface area (Å²) >= 11 is 0. The minimum atomic E-state index is -1.85. The molecule has 1 heterocycles. The maximum atomic E-state index is 13.0. The number of aryl methyl sites for hydroxylation is 1. The van der Waals surface area contributed by atoms with E-state index in [4.69, 9.17) is 0 Å². The molecule has 2 aliphatic rings. The molecular weight excluding hydrogens is 440 g/mol. The minimum absolute atomic E-state index is 0.158. The Morgan fingerprint density at radius 3 is 2.49 bits per heavy atom. The van der Waals surface area contributed by atoms with Gasteiger partial charge >= 0.3 is 0 Å². The van der Waals surface area contributed by atoms with Crippen molar-refractivity contribution in [2.45, 2.75) is 78.7 Å². The van der Waals surface area contributed by atoms with Crippen molar-refractivity contribution in [3.05, 3.63) is 64.9 Å². The number of likely N-dealkylation sites (tertiary alicyclic amines) is 1. The molecule has 3 unspecified atom stereocenters. The van der Waals surface area contributed by atoms with Gasteiger partial charge in [-0.25, -0.2) is 0 Å². The van der Waals surface area contributed by atoms with Crippen LogP contribution in [-0.4, -0.2) is 51.7 Å². The lowest BCUT2D eigenvalue weighted by atomic mass is 9.73. The van der Waals surface area contributed by atoms with E-state index in [1.165, 1.54) is 0 Å². The molecule has 1 aliphatic carbocycles. The van der Waals surface area contributed by atoms with Gasteiger partial charge in [-0.05, 0) is 49.7 Å². The average Bonchev–Trinajstić information content (AvgIpc) is 3.31. The quantitative estimate of drug-likeness (QED) is 0.518. The lowest BCUT2D eigenvalue weighted by Crippen LogP contribution is -2.52. The van der Waals surface area contributed by atoms with Gasteiger partial charge in [0.1, 0.15) is 0 Å². The van der Waals surface area contributed by atoms with Crippen LogP contribution in [-0.2, 0) is 9.59 Å². The molecule has 0 bridgehead atoms. The number of carbonyl (C=O) groups is 2. The molecule has 0 radical (unpaired) electrons. The van der Waals surface area contributed by atoms with Crippen LogP contribution >= 0.6 is 0 Å². The minimum Gasteiger partial charge on any atom is -0.380 e. The molecule has 35 heavy (non-hydrogen) atoms. The fourth-order valence-corrected chi connectivity index (χ4v) is 4.75. The number of aliphatic hydroxyl groups is 2. The van der Waals surface area contributed by atoms with Gasteiger partial charge in [-0.1, -0.05) is 69.7 Å². The first kappa shape index (κ1) is 26.9. The first-order chi connectivity index (χ1) is 16.4. The van der Waals surface area contributed by atoms with E-state index in [1.807, 2.05) is 43.3 Å². The van der Waals surface area contributed by atoms with Crippen LogP contribution in [0, 0.1) is 24.2 Å². The normalized spacial score (nSPS) is 23.4. The number of rotatable bonds is 7. The smallest absolute Gasteiger partial charge is 0.255 e. The molecule has 6 heteroatoms. The SMILES string of the molecule is Cc1cccc(C2CCCN2C(=O)[C@H](O)[C@@H](O)C(=O)N[C@H](C)C2=C=CC(C(C)C(C)(C)C)C=C2)c1. The summed E-state index contributed by atoms with van der Waals surface area (Å²) in [6.07, 6.45) is 3.98. The van der Waals surface area contributed by atoms with E-state index in [2.05, 4.69) is 44.8 Å². The van der Waals surface area contributed by atoms with Crippen molar-refractivity contribution < 1.29 is 19.8 Å². The second-order valence-corrected chi connectivity index (χ2v) is 11.1. The predicted octanol–water partition coefficient (Wildman–Crippen LogP) is 3.83. The third kappa shape index (κ3) is 6.32. The highest BCUT2D eigenvalue weighted by Gasteiger charge is 2.39. The molecule has 0 aromatic heterocycles. The summed E-state index contributed by atoms with van der Waals surface area (Å²) in [4.78, 5) is 27.3. The highest BCUT2D eigenvalue weighted by Crippen LogP contribution is 2.35. The van der Waals surface area contributed by atoms with Gasteiger partial charge in [0, 0.05) is 18.0 Å². The molecule has 1 aromatic rings. The summed E-state index contributed by atoms with van der Waals surface area (Å²) in [7, 11) is 0. The monoisotopic (exact) mass is 480 g/mol. The average molecular weight is 481 g/mol. The molecule has 0 spiro atoms. The Hall–Kier alpha value is -2.66. The summed E-state index contributed by atoms with van der Waals surface area (Å²) in [6, 6.07) is 7.33. The zero-order valence-corrected chi connectivity index (χ0v) is 21.8. The fraction of sp³-hybridized carbons (Fsp3) is 0.552. The number of hydrogen-bond acceptors (Lipinski definition) is 4. The van der Waals surface area contributed by atoms with Gasteiger partial charge in [-0.15, -0.1) is 5.73 Å². The van der Waals surface area contributed by atoms with E-state index in [-0.39, 0.29) is 17.4 Å². The van der Waals surface area contributed by atoms with Crippen LogP contribution in [0.15, 0.2) is 53.8 Å². The fourth-order valence-electron chi connectivity index (χ4n) is 4.75. The van der Waals surface area contributed by atoms with E-state index >= 15 is 0 Å². The third-order valence-electron chi connectivity index (χ3n) is 7.49. The zero-order chi connectivity index (χ0) is 25.9. The van der Waals surface area contributed by atoms with Crippen molar-refractivity contribution in [1.29, 1.82) is 0 Å². The Bertz CT molecular complexity index is 1030. The molecule has 0 saturated carbocycles. The molecular formula is C29H40N2O4. The summed E-state index contributed by atoms with van der Waals surface area (Å²) in [5, 5.41) is 23.8. The highest BCUT2D eigenvalue weighted by atomic mass is 16.3. The number of amides is 2. The Morgan fingerprint density at radius 1 is 1.17 bits per heavy atom. The van der Waals surface area contributed by atoms with Gasteiger partial charge in [0.15, 0.2) is 12.2 Å². The summed E-state index contributed by atoms with van der Waals surface area (Å²) in [5.74, 6) is -0.721. The second-order valence-electron chi connectivity index (χ2n) is 11.1. The maximum absolute atomic E-state index is 13.0. The number of aliphatic hydroxyl groups excluding tert-OH is 2. The standard InChI is InChI=1S/C29H40N2O4/c1-18-9-7-10-23(17-18)24-11-8-16-31(24)28(35)26(33)25(32)27(34)30-20(3)22-14-12-21(13-15-22)19(2)29(4,5)6/h7,9-10,12-14,17,19-21,24-26,32-33H,8,11,16H2,1-6H3,(H,30,34)/t19?,20-,21?,24?,25-,26-/m1/s1. The number of hydrogen-bond donors (Lipinski definition) is 3. The number of allylic oxidation sites excluding steroid dienone is 1. The molecule has 2 amide bonds. The first-order valence-corrected chi connectivity index (χ1v) is 12.6. The van der Waals surface area contributed by atoms with E-state index in [0.717, 1.165) is 29.5 Å². The van der Waals surface area contributed by atoms with Crippen LogP contribution in [0.1, 0.15) is 64.6 Å². The molecule has 6 atom stereocenters. The van der Waals surface area contributed by atoms with Crippen molar-refractivity contribution in [1.82, 2.24) is 10.2 Å². The van der Waals surface area contributed by atoms with Crippen LogP contribution in [0.3, 0.4) is 0 Å². The summed E-state index contributed by atoms with van der Waals surface area (Å²) in [6.45, 7) is 13.1. The molecule has 1 aromatic carbocycles. The van der Waals surface area contributed by atoms with Crippen molar-refractivity contribution >= 4 is 11.8 Å². The van der Waals surface area contributed by atoms with Gasteiger partial charge in [-0.2, -0.15) is 0 Å². The van der Waals surface area contributed by atoms with Crippen molar-refractivity contribution in [3.63, 3.8) is 0 Å². The van der Waals surface area contributed by atoms with Crippen molar-refractivity contribution in [2.24, 2.45) is 17.3 Å². The topological polar surface area (TPSA) is 89.9 Å². The third-order valence-corrected chi connectivity index (χ3v) is 7.49. The molecule has 3 rings (SSSR count). The van der Waals surface area contributed by atoms with Crippen molar-refractivity contribution in [3.8, 4) is 0 Å². The van der Waals surface area contributed by atoms with Crippen LogP contribution in [0.2, 0.25) is 0 Å². The molecule has 3 N–H and O–H groups in total. The molecule has 1 aliphatic heterocycles. The molecule has 190 valence electrons. The lowest BCUT2D eigenvalue weighted by Gasteiger charge is -2.32. The Morgan fingerprint density at radius 2 is 1.89 bits per heavy atom. The second kappa shape index (κ2) is 10.9. The highest BCUT2D eigenvalue weighted by molar-refractivity contribution is 5.91. The molecule has 1 fully saturated rings. The Labute approximate surface area is 209 Å². The van der Waals surface area contributed by atoms with Crippen LogP contribution in [0.4, 0.5) is 0 Å². The summed E-state index contributed by atoms with van der Waals surface area (Å²) in [5.41, 5.74) is 6.29. The van der Waals surface area contributed by atoms with Gasteiger partial charge < -0.3 is 20.4 Å². The first-order valence-electron chi connectivity index (χ1n) is 12.6. The van der Waals surface area contributed by atoms with Crippen molar-refractivity contribution in [2.75, 3.05) is 6.54 Å². The van der Waals surface area contributed by atoms with E-state index < -0.39 is 30.1 Å². The van der Waals surface area contributed by atoms with Crippen LogP contribution < -0.4 is 5.32 Å². The van der Waals surface area contributed by atoms with E-state index in [1.54, 1.807) is 11.8 Å². The van der Waals surface area contributed by atoms with Crippen LogP contribution in [0.25, 0.3) is 0 Å². The molecule has 1 saturated heterocycles. The molecule has 6 nitrogen and oxygen atoms in total. The zero-order valence-electron chi connectivity index (χ0n) is 21.8. The van der Waals surface area contributed by atoms with Gasteiger partial charge in [0.25, 0.3) is 11.8 Å².